The van der Waals surface area contributed by atoms with Gasteiger partial charge in [0.25, 0.3) is 0 Å². The maximum atomic E-state index is 10.9. The second kappa shape index (κ2) is 6.64. The Morgan fingerprint density at radius 2 is 1.91 bits per heavy atom. The molecule has 0 aliphatic heterocycles. The van der Waals surface area contributed by atoms with Gasteiger partial charge in [0.05, 0.1) is 17.7 Å². The normalized spacial score (nSPS) is 22.3. The fourth-order valence-corrected chi connectivity index (χ4v) is 3.64. The number of aromatic carboxylic acids is 1. The summed E-state index contributed by atoms with van der Waals surface area (Å²) in [5.74, 6) is -0.934. The van der Waals surface area contributed by atoms with E-state index in [0.717, 1.165) is 41.1 Å². The minimum Gasteiger partial charge on any atom is -0.478 e. The van der Waals surface area contributed by atoms with Crippen molar-refractivity contribution in [3.05, 3.63) is 34.6 Å². The average Bonchev–Trinajstić information content (AvgIpc) is 2.91. The van der Waals surface area contributed by atoms with E-state index in [0.29, 0.717) is 0 Å². The number of rotatable bonds is 3. The number of aliphatic hydroxyl groups is 1. The maximum absolute atomic E-state index is 10.9. The zero-order chi connectivity index (χ0) is 16.4. The molecule has 1 aromatic carbocycles. The van der Waals surface area contributed by atoms with Crippen LogP contribution in [-0.4, -0.2) is 38.1 Å². The Morgan fingerprint density at radius 1 is 1.26 bits per heavy atom. The van der Waals surface area contributed by atoms with Crippen LogP contribution >= 0.6 is 11.3 Å². The van der Waals surface area contributed by atoms with E-state index in [1.165, 1.54) is 11.3 Å². The van der Waals surface area contributed by atoms with Crippen molar-refractivity contribution < 1.29 is 15.0 Å². The molecule has 6 nitrogen and oxygen atoms in total. The molecule has 0 saturated heterocycles. The van der Waals surface area contributed by atoms with E-state index >= 15 is 0 Å². The van der Waals surface area contributed by atoms with Gasteiger partial charge in [-0.25, -0.2) is 9.48 Å². The predicted octanol–water partition coefficient (Wildman–Crippen LogP) is 2.05. The highest BCUT2D eigenvalue weighted by molar-refractivity contribution is 7.12. The van der Waals surface area contributed by atoms with Crippen LogP contribution in [0.3, 0.4) is 0 Å². The zero-order valence-electron chi connectivity index (χ0n) is 12.8. The van der Waals surface area contributed by atoms with Gasteiger partial charge >= 0.3 is 5.97 Å². The highest BCUT2D eigenvalue weighted by Crippen LogP contribution is 2.22. The number of aliphatic hydroxyl groups excluding tert-OH is 1. The fraction of sp³-hybridized carbons (Fsp3) is 0.438. The van der Waals surface area contributed by atoms with E-state index in [1.807, 2.05) is 7.05 Å². The van der Waals surface area contributed by atoms with Crippen molar-refractivity contribution in [1.82, 2.24) is 9.78 Å². The Morgan fingerprint density at radius 3 is 2.52 bits per heavy atom. The number of carboxylic acid groups (broad SMARTS) is 1. The van der Waals surface area contributed by atoms with Crippen LogP contribution in [0.5, 0.6) is 0 Å². The van der Waals surface area contributed by atoms with Gasteiger partial charge < -0.3 is 10.2 Å². The minimum absolute atomic E-state index is 0.181. The van der Waals surface area contributed by atoms with Crippen LogP contribution in [0.25, 0.3) is 10.6 Å². The first kappa shape index (κ1) is 15.9. The van der Waals surface area contributed by atoms with Crippen LogP contribution in [0.1, 0.15) is 36.0 Å². The van der Waals surface area contributed by atoms with E-state index in [1.54, 1.807) is 28.9 Å². The van der Waals surface area contributed by atoms with Gasteiger partial charge in [0, 0.05) is 12.6 Å². The molecular formula is C16H19N3O3S. The van der Waals surface area contributed by atoms with Crippen molar-refractivity contribution in [2.24, 2.45) is 12.0 Å². The number of nitrogens with zero attached hydrogens (tertiary/aromatic N) is 3. The van der Waals surface area contributed by atoms with Crippen molar-refractivity contribution in [3.8, 4) is 10.6 Å². The standard InChI is InChI=1S/C16H19N3O3S/c1-19-16(17-12-6-8-13(20)9-7-12)23-14(18-19)10-2-4-11(5-3-10)15(21)22/h2-5,12-13,20H,6-9H2,1H3,(H,21,22)/t12-,13-. The Bertz CT molecular complexity index is 756. The summed E-state index contributed by atoms with van der Waals surface area (Å²) in [7, 11) is 1.86. The van der Waals surface area contributed by atoms with Crippen molar-refractivity contribution in [3.63, 3.8) is 0 Å². The molecular weight excluding hydrogens is 314 g/mol. The summed E-state index contributed by atoms with van der Waals surface area (Å²) in [6.07, 6.45) is 3.24. The van der Waals surface area contributed by atoms with Crippen molar-refractivity contribution in [1.29, 1.82) is 0 Å². The number of aromatic nitrogens is 2. The molecule has 7 heteroatoms. The average molecular weight is 333 g/mol. The second-order valence-electron chi connectivity index (χ2n) is 5.79. The Kier molecular flexibility index (Phi) is 4.58. The van der Waals surface area contributed by atoms with E-state index in [-0.39, 0.29) is 17.7 Å². The van der Waals surface area contributed by atoms with Gasteiger partial charge in [-0.1, -0.05) is 23.5 Å². The number of carbonyl (C=O) groups is 1. The summed E-state index contributed by atoms with van der Waals surface area (Å²) in [5, 5.41) is 23.8. The van der Waals surface area contributed by atoms with Crippen LogP contribution in [0.15, 0.2) is 29.3 Å². The third-order valence-corrected chi connectivity index (χ3v) is 5.11. The summed E-state index contributed by atoms with van der Waals surface area (Å²) < 4.78 is 1.76. The number of hydrogen-bond donors (Lipinski definition) is 2. The summed E-state index contributed by atoms with van der Waals surface area (Å²) in [4.78, 5) is 16.5. The first-order valence-corrected chi connectivity index (χ1v) is 8.44. The molecule has 1 aliphatic rings. The lowest BCUT2D eigenvalue weighted by Crippen LogP contribution is -2.24. The molecule has 1 fully saturated rings. The highest BCUT2D eigenvalue weighted by atomic mass is 32.1. The lowest BCUT2D eigenvalue weighted by Gasteiger charge is -2.21. The summed E-state index contributed by atoms with van der Waals surface area (Å²) in [6.45, 7) is 0. The Balaban J connectivity index is 1.84. The van der Waals surface area contributed by atoms with Gasteiger partial charge in [-0.05, 0) is 37.8 Å². The third-order valence-electron chi connectivity index (χ3n) is 4.04. The third kappa shape index (κ3) is 3.68. The molecule has 0 radical (unpaired) electrons. The van der Waals surface area contributed by atoms with Gasteiger partial charge in [0.1, 0.15) is 5.01 Å². The summed E-state index contributed by atoms with van der Waals surface area (Å²) in [5.41, 5.74) is 1.15. The van der Waals surface area contributed by atoms with E-state index in [2.05, 4.69) is 5.10 Å². The van der Waals surface area contributed by atoms with Crippen LogP contribution in [0.4, 0.5) is 0 Å². The van der Waals surface area contributed by atoms with E-state index in [4.69, 9.17) is 10.1 Å². The molecule has 2 aromatic rings. The molecule has 0 spiro atoms. The fourth-order valence-electron chi connectivity index (χ4n) is 2.68. The molecule has 1 saturated carbocycles. The van der Waals surface area contributed by atoms with Crippen molar-refractivity contribution in [2.45, 2.75) is 37.8 Å². The first-order valence-electron chi connectivity index (χ1n) is 7.62. The van der Waals surface area contributed by atoms with Gasteiger partial charge in [0.15, 0.2) is 0 Å². The largest absolute Gasteiger partial charge is 0.478 e. The second-order valence-corrected chi connectivity index (χ2v) is 6.74. The molecule has 0 bridgehead atoms. The number of hydrogen-bond acceptors (Lipinski definition) is 5. The number of benzene rings is 1. The molecule has 122 valence electrons. The van der Waals surface area contributed by atoms with Gasteiger partial charge in [-0.3, -0.25) is 4.99 Å². The Labute approximate surface area is 137 Å². The highest BCUT2D eigenvalue weighted by Gasteiger charge is 2.19. The van der Waals surface area contributed by atoms with E-state index < -0.39 is 5.97 Å². The van der Waals surface area contributed by atoms with Gasteiger partial charge in [0.2, 0.25) is 4.80 Å². The molecule has 1 aromatic heterocycles. The molecule has 2 N–H and O–H groups in total. The SMILES string of the molecule is Cn1nc(-c2ccc(C(=O)O)cc2)sc1=N[C@H]1CC[C@H](O)CC1. The van der Waals surface area contributed by atoms with Crippen LogP contribution in [0, 0.1) is 0 Å². The maximum Gasteiger partial charge on any atom is 0.335 e. The summed E-state index contributed by atoms with van der Waals surface area (Å²) in [6, 6.07) is 6.94. The quantitative estimate of drug-likeness (QED) is 0.900. The van der Waals surface area contributed by atoms with Gasteiger partial charge in [-0.15, -0.1) is 0 Å². The molecule has 3 rings (SSSR count). The topological polar surface area (TPSA) is 87.7 Å². The lowest BCUT2D eigenvalue weighted by molar-refractivity contribution is 0.0697. The molecule has 23 heavy (non-hydrogen) atoms. The Hall–Kier alpha value is -1.99. The van der Waals surface area contributed by atoms with Crippen LogP contribution in [0.2, 0.25) is 0 Å². The van der Waals surface area contributed by atoms with Crippen molar-refractivity contribution >= 4 is 17.3 Å². The molecule has 0 unspecified atom stereocenters. The molecule has 0 amide bonds. The zero-order valence-corrected chi connectivity index (χ0v) is 13.7. The van der Waals surface area contributed by atoms with Crippen molar-refractivity contribution in [2.75, 3.05) is 0 Å². The minimum atomic E-state index is -0.934. The molecule has 1 aliphatic carbocycles. The molecule has 0 atom stereocenters. The van der Waals surface area contributed by atoms with Crippen LogP contribution < -0.4 is 4.80 Å². The smallest absolute Gasteiger partial charge is 0.335 e. The van der Waals surface area contributed by atoms with Crippen LogP contribution in [-0.2, 0) is 7.05 Å². The summed E-state index contributed by atoms with van der Waals surface area (Å²) >= 11 is 1.50. The van der Waals surface area contributed by atoms with E-state index in [9.17, 15) is 9.90 Å². The predicted molar refractivity (Wildman–Crippen MR) is 87.3 cm³/mol. The number of carboxylic acids is 1. The van der Waals surface area contributed by atoms with Gasteiger partial charge in [-0.2, -0.15) is 5.10 Å². The first-order chi connectivity index (χ1) is 11.0. The molecule has 1 heterocycles. The number of aryl methyl sites for hydroxylation is 1. The monoisotopic (exact) mass is 333 g/mol. The lowest BCUT2D eigenvalue weighted by atomic mass is 9.94.